The normalized spacial score (nSPS) is 28.8. The molecule has 6 nitrogen and oxygen atoms in total. The zero-order valence-corrected chi connectivity index (χ0v) is 8.21. The SMILES string of the molecule is CNC[C@@H]1[C@H](C)C(=O)N1S(=O)(=O)O. The molecule has 1 saturated heterocycles. The molecule has 2 N–H and O–H groups in total. The molecule has 0 aliphatic carbocycles. The summed E-state index contributed by atoms with van der Waals surface area (Å²) in [4.78, 5) is 11.1. The molecule has 0 saturated carbocycles. The quantitative estimate of drug-likeness (QED) is 0.452. The molecule has 1 fully saturated rings. The number of carbonyl (C=O) groups excluding carboxylic acids is 1. The highest BCUT2D eigenvalue weighted by Crippen LogP contribution is 2.27. The molecule has 1 amide bonds. The van der Waals surface area contributed by atoms with Gasteiger partial charge in [-0.15, -0.1) is 0 Å². The molecule has 0 radical (unpaired) electrons. The number of likely N-dealkylation sites (N-methyl/N-ethyl adjacent to an activating group) is 1. The van der Waals surface area contributed by atoms with Crippen LogP contribution in [-0.4, -0.2) is 42.8 Å². The van der Waals surface area contributed by atoms with E-state index < -0.39 is 22.3 Å². The van der Waals surface area contributed by atoms with Crippen molar-refractivity contribution in [3.8, 4) is 0 Å². The van der Waals surface area contributed by atoms with E-state index in [0.29, 0.717) is 10.8 Å². The van der Waals surface area contributed by atoms with E-state index in [-0.39, 0.29) is 5.92 Å². The minimum Gasteiger partial charge on any atom is -0.318 e. The molecular weight excluding hydrogens is 196 g/mol. The number of carbonyl (C=O) groups is 1. The first kappa shape index (κ1) is 10.4. The first-order valence-electron chi connectivity index (χ1n) is 3.85. The van der Waals surface area contributed by atoms with E-state index in [9.17, 15) is 13.2 Å². The van der Waals surface area contributed by atoms with Gasteiger partial charge in [0, 0.05) is 6.54 Å². The highest BCUT2D eigenvalue weighted by molar-refractivity contribution is 7.84. The van der Waals surface area contributed by atoms with Crippen molar-refractivity contribution in [2.75, 3.05) is 13.6 Å². The van der Waals surface area contributed by atoms with E-state index in [0.717, 1.165) is 0 Å². The van der Waals surface area contributed by atoms with Crippen molar-refractivity contribution in [3.05, 3.63) is 0 Å². The van der Waals surface area contributed by atoms with Crippen molar-refractivity contribution in [2.45, 2.75) is 13.0 Å². The summed E-state index contributed by atoms with van der Waals surface area (Å²) in [6, 6.07) is -0.465. The van der Waals surface area contributed by atoms with Gasteiger partial charge in [0.25, 0.3) is 0 Å². The Kier molecular flexibility index (Phi) is 2.60. The van der Waals surface area contributed by atoms with Crippen LogP contribution in [0, 0.1) is 5.92 Å². The Morgan fingerprint density at radius 3 is 2.54 bits per heavy atom. The monoisotopic (exact) mass is 208 g/mol. The van der Waals surface area contributed by atoms with Crippen molar-refractivity contribution in [2.24, 2.45) is 5.92 Å². The summed E-state index contributed by atoms with van der Waals surface area (Å²) in [5.41, 5.74) is 0. The number of hydrogen-bond donors (Lipinski definition) is 2. The largest absolute Gasteiger partial charge is 0.362 e. The van der Waals surface area contributed by atoms with Crippen molar-refractivity contribution in [1.29, 1.82) is 0 Å². The maximum Gasteiger partial charge on any atom is 0.362 e. The predicted molar refractivity (Wildman–Crippen MR) is 45.3 cm³/mol. The lowest BCUT2D eigenvalue weighted by Crippen LogP contribution is -2.64. The van der Waals surface area contributed by atoms with Crippen LogP contribution in [-0.2, 0) is 15.1 Å². The molecule has 0 spiro atoms. The van der Waals surface area contributed by atoms with Crippen LogP contribution in [0.1, 0.15) is 6.92 Å². The lowest BCUT2D eigenvalue weighted by atomic mass is 9.92. The van der Waals surface area contributed by atoms with Crippen LogP contribution < -0.4 is 5.32 Å². The van der Waals surface area contributed by atoms with Crippen LogP contribution in [0.4, 0.5) is 0 Å². The average molecular weight is 208 g/mol. The van der Waals surface area contributed by atoms with Crippen molar-refractivity contribution < 1.29 is 17.8 Å². The van der Waals surface area contributed by atoms with Crippen LogP contribution in [0.2, 0.25) is 0 Å². The molecule has 0 aromatic carbocycles. The summed E-state index contributed by atoms with van der Waals surface area (Å²) < 4.78 is 30.6. The zero-order valence-electron chi connectivity index (χ0n) is 7.39. The molecule has 7 heteroatoms. The van der Waals surface area contributed by atoms with Gasteiger partial charge in [0.05, 0.1) is 12.0 Å². The van der Waals surface area contributed by atoms with Crippen molar-refractivity contribution in [3.63, 3.8) is 0 Å². The van der Waals surface area contributed by atoms with Gasteiger partial charge in [-0.25, -0.2) is 4.31 Å². The summed E-state index contributed by atoms with van der Waals surface area (Å²) in [7, 11) is -2.73. The molecule has 1 heterocycles. The van der Waals surface area contributed by atoms with Gasteiger partial charge in [-0.05, 0) is 7.05 Å². The smallest absolute Gasteiger partial charge is 0.318 e. The lowest BCUT2D eigenvalue weighted by molar-refractivity contribution is -0.145. The van der Waals surface area contributed by atoms with Crippen LogP contribution in [0.3, 0.4) is 0 Å². The number of hydrogen-bond acceptors (Lipinski definition) is 4. The van der Waals surface area contributed by atoms with Crippen molar-refractivity contribution >= 4 is 16.2 Å². The maximum absolute atomic E-state index is 11.1. The molecule has 0 unspecified atom stereocenters. The number of nitrogens with zero attached hydrogens (tertiary/aromatic N) is 1. The number of amides is 1. The predicted octanol–water partition coefficient (Wildman–Crippen LogP) is -1.14. The van der Waals surface area contributed by atoms with E-state index in [1.807, 2.05) is 0 Å². The summed E-state index contributed by atoms with van der Waals surface area (Å²) in [6.07, 6.45) is 0. The van der Waals surface area contributed by atoms with E-state index >= 15 is 0 Å². The Hall–Kier alpha value is -0.660. The highest BCUT2D eigenvalue weighted by Gasteiger charge is 2.49. The van der Waals surface area contributed by atoms with E-state index in [1.165, 1.54) is 0 Å². The second-order valence-electron chi connectivity index (χ2n) is 3.03. The van der Waals surface area contributed by atoms with E-state index in [4.69, 9.17) is 4.55 Å². The molecule has 2 atom stereocenters. The highest BCUT2D eigenvalue weighted by atomic mass is 32.2. The average Bonchev–Trinajstić information content (AvgIpc) is 2.01. The molecule has 13 heavy (non-hydrogen) atoms. The third-order valence-corrected chi connectivity index (χ3v) is 3.09. The lowest BCUT2D eigenvalue weighted by Gasteiger charge is -2.42. The van der Waals surface area contributed by atoms with Crippen LogP contribution >= 0.6 is 0 Å². The van der Waals surface area contributed by atoms with Crippen LogP contribution in [0.25, 0.3) is 0 Å². The molecule has 1 aliphatic heterocycles. The fourth-order valence-electron chi connectivity index (χ4n) is 1.40. The molecule has 1 rings (SSSR count). The van der Waals surface area contributed by atoms with Gasteiger partial charge in [0.2, 0.25) is 5.91 Å². The Morgan fingerprint density at radius 2 is 2.15 bits per heavy atom. The van der Waals surface area contributed by atoms with Crippen molar-refractivity contribution in [1.82, 2.24) is 9.62 Å². The Labute approximate surface area is 76.8 Å². The zero-order chi connectivity index (χ0) is 10.2. The third kappa shape index (κ3) is 1.67. The number of rotatable bonds is 3. The first-order chi connectivity index (χ1) is 5.89. The minimum atomic E-state index is -4.38. The maximum atomic E-state index is 11.1. The van der Waals surface area contributed by atoms with Gasteiger partial charge in [-0.2, -0.15) is 8.42 Å². The molecule has 1 aliphatic rings. The van der Waals surface area contributed by atoms with Gasteiger partial charge < -0.3 is 5.32 Å². The molecular formula is C6H12N2O4S. The Bertz CT molecular complexity index is 313. The first-order valence-corrected chi connectivity index (χ1v) is 5.24. The minimum absolute atomic E-state index is 0.352. The van der Waals surface area contributed by atoms with E-state index in [1.54, 1.807) is 14.0 Å². The fraction of sp³-hybridized carbons (Fsp3) is 0.833. The topological polar surface area (TPSA) is 86.7 Å². The molecule has 0 aromatic heterocycles. The fourth-order valence-corrected chi connectivity index (χ4v) is 2.40. The Morgan fingerprint density at radius 1 is 1.62 bits per heavy atom. The molecule has 76 valence electrons. The number of nitrogens with one attached hydrogen (secondary N) is 1. The summed E-state index contributed by atoms with van der Waals surface area (Å²) in [6.45, 7) is 1.98. The van der Waals surface area contributed by atoms with Crippen LogP contribution in [0.15, 0.2) is 0 Å². The second-order valence-corrected chi connectivity index (χ2v) is 4.31. The second kappa shape index (κ2) is 3.24. The van der Waals surface area contributed by atoms with Gasteiger partial charge in [-0.1, -0.05) is 6.92 Å². The van der Waals surface area contributed by atoms with E-state index in [2.05, 4.69) is 5.32 Å². The Balaban J connectivity index is 2.81. The summed E-state index contributed by atoms with van der Waals surface area (Å²) in [5.74, 6) is -0.905. The molecule has 0 bridgehead atoms. The number of β-lactam (4-membered cyclic amide) rings is 1. The summed E-state index contributed by atoms with van der Waals surface area (Å²) in [5, 5.41) is 2.75. The van der Waals surface area contributed by atoms with Gasteiger partial charge in [0.1, 0.15) is 0 Å². The van der Waals surface area contributed by atoms with Gasteiger partial charge >= 0.3 is 10.3 Å². The van der Waals surface area contributed by atoms with Gasteiger partial charge in [-0.3, -0.25) is 9.35 Å². The third-order valence-electron chi connectivity index (χ3n) is 2.15. The summed E-state index contributed by atoms with van der Waals surface area (Å²) >= 11 is 0. The molecule has 0 aromatic rings. The van der Waals surface area contributed by atoms with Crippen LogP contribution in [0.5, 0.6) is 0 Å². The van der Waals surface area contributed by atoms with Gasteiger partial charge in [0.15, 0.2) is 0 Å². The standard InChI is InChI=1S/C6H12N2O4S/c1-4-5(3-7-2)8(6(4)9)13(10,11)12/h4-5,7H,3H2,1-2H3,(H,10,11,12)/t4-,5+/m0/s1.